The fourth-order valence-corrected chi connectivity index (χ4v) is 5.17. The third-order valence-electron chi connectivity index (χ3n) is 4.75. The maximum Gasteiger partial charge on any atom is 0.282 e. The van der Waals surface area contributed by atoms with Gasteiger partial charge < -0.3 is 10.5 Å². The molecule has 0 bridgehead atoms. The van der Waals surface area contributed by atoms with Crippen molar-refractivity contribution >= 4 is 10.2 Å². The zero-order valence-electron chi connectivity index (χ0n) is 13.2. The third kappa shape index (κ3) is 3.96. The molecule has 2 aliphatic heterocycles. The van der Waals surface area contributed by atoms with Crippen molar-refractivity contribution in [2.24, 2.45) is 17.6 Å². The molecule has 2 rings (SSSR count). The summed E-state index contributed by atoms with van der Waals surface area (Å²) in [6, 6.07) is -0.0224. The first-order valence-electron chi connectivity index (χ1n) is 7.98. The molecule has 124 valence electrons. The lowest BCUT2D eigenvalue weighted by Crippen LogP contribution is -2.47. The SMILES string of the molecule is CCC[C@@H]1CN(S(=O)(=O)N2CCC(COC)CC2)C[C@H]1N. The van der Waals surface area contributed by atoms with E-state index in [9.17, 15) is 8.42 Å². The third-order valence-corrected chi connectivity index (χ3v) is 6.71. The summed E-state index contributed by atoms with van der Waals surface area (Å²) in [5.41, 5.74) is 6.10. The van der Waals surface area contributed by atoms with Crippen molar-refractivity contribution < 1.29 is 13.2 Å². The summed E-state index contributed by atoms with van der Waals surface area (Å²) in [4.78, 5) is 0. The lowest BCUT2D eigenvalue weighted by molar-refractivity contribution is 0.120. The van der Waals surface area contributed by atoms with Crippen LogP contribution in [-0.2, 0) is 14.9 Å². The summed E-state index contributed by atoms with van der Waals surface area (Å²) in [5, 5.41) is 0. The van der Waals surface area contributed by atoms with Crippen LogP contribution in [0.1, 0.15) is 32.6 Å². The zero-order chi connectivity index (χ0) is 15.5. The molecule has 0 aromatic rings. The molecule has 2 atom stereocenters. The van der Waals surface area contributed by atoms with Crippen molar-refractivity contribution in [1.82, 2.24) is 8.61 Å². The molecule has 0 amide bonds. The maximum atomic E-state index is 12.7. The van der Waals surface area contributed by atoms with Crippen LogP contribution in [0, 0.1) is 11.8 Å². The molecule has 2 N–H and O–H groups in total. The summed E-state index contributed by atoms with van der Waals surface area (Å²) in [5.74, 6) is 0.783. The Bertz CT molecular complexity index is 421. The summed E-state index contributed by atoms with van der Waals surface area (Å²) in [6.45, 7) is 5.08. The van der Waals surface area contributed by atoms with Gasteiger partial charge in [0.25, 0.3) is 10.2 Å². The molecule has 6 nitrogen and oxygen atoms in total. The number of piperidine rings is 1. The Morgan fingerprint density at radius 3 is 2.43 bits per heavy atom. The fraction of sp³-hybridized carbons (Fsp3) is 1.00. The van der Waals surface area contributed by atoms with Crippen molar-refractivity contribution in [2.75, 3.05) is 39.9 Å². The number of nitrogens with zero attached hydrogens (tertiary/aromatic N) is 2. The molecule has 0 unspecified atom stereocenters. The highest BCUT2D eigenvalue weighted by atomic mass is 32.2. The van der Waals surface area contributed by atoms with Crippen LogP contribution in [0.5, 0.6) is 0 Å². The minimum Gasteiger partial charge on any atom is -0.384 e. The summed E-state index contributed by atoms with van der Waals surface area (Å²) in [6.07, 6.45) is 3.81. The molecule has 2 saturated heterocycles. The molecule has 21 heavy (non-hydrogen) atoms. The molecule has 0 aromatic carbocycles. The molecular weight excluding hydrogens is 290 g/mol. The van der Waals surface area contributed by atoms with Gasteiger partial charge in [-0.1, -0.05) is 13.3 Å². The highest BCUT2D eigenvalue weighted by molar-refractivity contribution is 7.86. The Morgan fingerprint density at radius 1 is 1.19 bits per heavy atom. The van der Waals surface area contributed by atoms with E-state index in [0.717, 1.165) is 32.3 Å². The Balaban J connectivity index is 1.94. The number of methoxy groups -OCH3 is 1. The summed E-state index contributed by atoms with van der Waals surface area (Å²) < 4.78 is 33.8. The number of ether oxygens (including phenoxy) is 1. The summed E-state index contributed by atoms with van der Waals surface area (Å²) in [7, 11) is -1.64. The van der Waals surface area contributed by atoms with Crippen molar-refractivity contribution in [3.8, 4) is 0 Å². The largest absolute Gasteiger partial charge is 0.384 e. The molecule has 2 aliphatic rings. The Morgan fingerprint density at radius 2 is 1.86 bits per heavy atom. The Kier molecular flexibility index (Phi) is 6.02. The van der Waals surface area contributed by atoms with E-state index in [4.69, 9.17) is 10.5 Å². The predicted molar refractivity (Wildman–Crippen MR) is 83.0 cm³/mol. The van der Waals surface area contributed by atoms with Gasteiger partial charge in [0, 0.05) is 45.9 Å². The second-order valence-electron chi connectivity index (χ2n) is 6.34. The van der Waals surface area contributed by atoms with Gasteiger partial charge in [0.05, 0.1) is 0 Å². The quantitative estimate of drug-likeness (QED) is 0.780. The highest BCUT2D eigenvalue weighted by Gasteiger charge is 2.40. The maximum absolute atomic E-state index is 12.7. The van der Waals surface area contributed by atoms with Crippen LogP contribution < -0.4 is 5.73 Å². The van der Waals surface area contributed by atoms with E-state index in [2.05, 4.69) is 6.92 Å². The Hall–Kier alpha value is -0.210. The molecule has 0 saturated carbocycles. The van der Waals surface area contributed by atoms with Gasteiger partial charge in [-0.3, -0.25) is 0 Å². The van der Waals surface area contributed by atoms with Crippen LogP contribution >= 0.6 is 0 Å². The lowest BCUT2D eigenvalue weighted by atomic mass is 9.99. The van der Waals surface area contributed by atoms with Gasteiger partial charge in [-0.15, -0.1) is 0 Å². The minimum atomic E-state index is -3.34. The first-order valence-corrected chi connectivity index (χ1v) is 9.38. The van der Waals surface area contributed by atoms with Gasteiger partial charge >= 0.3 is 0 Å². The first-order chi connectivity index (χ1) is 9.98. The molecular formula is C14H29N3O3S. The number of rotatable bonds is 6. The van der Waals surface area contributed by atoms with E-state index >= 15 is 0 Å². The van der Waals surface area contributed by atoms with Crippen LogP contribution in [0.2, 0.25) is 0 Å². The van der Waals surface area contributed by atoms with E-state index in [1.165, 1.54) is 0 Å². The molecule has 0 aliphatic carbocycles. The van der Waals surface area contributed by atoms with E-state index in [1.54, 1.807) is 15.7 Å². The smallest absolute Gasteiger partial charge is 0.282 e. The van der Waals surface area contributed by atoms with Crippen LogP contribution in [0.4, 0.5) is 0 Å². The monoisotopic (exact) mass is 319 g/mol. The van der Waals surface area contributed by atoms with Crippen molar-refractivity contribution in [2.45, 2.75) is 38.6 Å². The topological polar surface area (TPSA) is 75.9 Å². The van der Waals surface area contributed by atoms with E-state index in [0.29, 0.717) is 38.0 Å². The Labute approximate surface area is 128 Å². The number of nitrogens with two attached hydrogens (primary N) is 1. The van der Waals surface area contributed by atoms with Crippen molar-refractivity contribution in [3.63, 3.8) is 0 Å². The molecule has 2 heterocycles. The lowest BCUT2D eigenvalue weighted by Gasteiger charge is -2.33. The first kappa shape index (κ1) is 17.1. The van der Waals surface area contributed by atoms with Gasteiger partial charge in [0.2, 0.25) is 0 Å². The predicted octanol–water partition coefficient (Wildman–Crippen LogP) is 0.649. The van der Waals surface area contributed by atoms with Gasteiger partial charge in [-0.25, -0.2) is 0 Å². The average Bonchev–Trinajstić information content (AvgIpc) is 2.82. The second kappa shape index (κ2) is 7.37. The fourth-order valence-electron chi connectivity index (χ4n) is 3.43. The van der Waals surface area contributed by atoms with Crippen LogP contribution in [0.25, 0.3) is 0 Å². The molecule has 0 radical (unpaired) electrons. The van der Waals surface area contributed by atoms with Crippen molar-refractivity contribution in [3.05, 3.63) is 0 Å². The van der Waals surface area contributed by atoms with Gasteiger partial charge in [0.15, 0.2) is 0 Å². The van der Waals surface area contributed by atoms with Crippen LogP contribution in [0.15, 0.2) is 0 Å². The standard InChI is InChI=1S/C14H29N3O3S/c1-3-4-13-9-17(10-14(13)15)21(18,19)16-7-5-12(6-8-16)11-20-2/h12-14H,3-11,15H2,1-2H3/t13-,14-/m1/s1. The molecule has 0 aromatic heterocycles. The van der Waals surface area contributed by atoms with Gasteiger partial charge in [-0.2, -0.15) is 17.0 Å². The zero-order valence-corrected chi connectivity index (χ0v) is 14.0. The summed E-state index contributed by atoms with van der Waals surface area (Å²) >= 11 is 0. The number of hydrogen-bond donors (Lipinski definition) is 1. The van der Waals surface area contributed by atoms with Crippen LogP contribution in [0.3, 0.4) is 0 Å². The second-order valence-corrected chi connectivity index (χ2v) is 8.26. The highest BCUT2D eigenvalue weighted by Crippen LogP contribution is 2.27. The van der Waals surface area contributed by atoms with Crippen molar-refractivity contribution in [1.29, 1.82) is 0 Å². The molecule has 7 heteroatoms. The van der Waals surface area contributed by atoms with Gasteiger partial charge in [0.1, 0.15) is 0 Å². The van der Waals surface area contributed by atoms with E-state index in [1.807, 2.05) is 0 Å². The van der Waals surface area contributed by atoms with Gasteiger partial charge in [-0.05, 0) is 31.1 Å². The van der Waals surface area contributed by atoms with E-state index in [-0.39, 0.29) is 6.04 Å². The average molecular weight is 319 g/mol. The normalized spacial score (nSPS) is 30.0. The minimum absolute atomic E-state index is 0.0224. The number of hydrogen-bond acceptors (Lipinski definition) is 4. The molecule has 0 spiro atoms. The molecule has 2 fully saturated rings. The van der Waals surface area contributed by atoms with E-state index < -0.39 is 10.2 Å². The van der Waals surface area contributed by atoms with Crippen LogP contribution in [-0.4, -0.2) is 63.0 Å².